The third-order valence-corrected chi connectivity index (χ3v) is 7.38. The number of sulfone groups is 1. The molecule has 9 heteroatoms. The number of nitrogens with zero attached hydrogens (tertiary/aromatic N) is 1. The summed E-state index contributed by atoms with van der Waals surface area (Å²) in [7, 11) is -7.54. The highest BCUT2D eigenvalue weighted by Gasteiger charge is 2.30. The summed E-state index contributed by atoms with van der Waals surface area (Å²) < 4.78 is 65.6. The second-order valence-electron chi connectivity index (χ2n) is 5.79. The fourth-order valence-electron chi connectivity index (χ4n) is 2.37. The van der Waals surface area contributed by atoms with Crippen molar-refractivity contribution in [1.82, 2.24) is 9.71 Å². The van der Waals surface area contributed by atoms with Crippen molar-refractivity contribution in [2.24, 2.45) is 0 Å². The van der Waals surface area contributed by atoms with Gasteiger partial charge in [-0.15, -0.1) is 0 Å². The normalized spacial score (nSPS) is 13.5. The molecule has 0 saturated heterocycles. The molecule has 0 amide bonds. The molecular weight excluding hydrogens is 379 g/mol. The summed E-state index contributed by atoms with van der Waals surface area (Å²) in [6.07, 6.45) is 4.07. The van der Waals surface area contributed by atoms with Gasteiger partial charge in [-0.3, -0.25) is 4.98 Å². The van der Waals surface area contributed by atoms with Crippen LogP contribution in [0.15, 0.2) is 53.7 Å². The summed E-state index contributed by atoms with van der Waals surface area (Å²) in [5.74, 6) is -0.623. The standard InChI is InChI=1S/C17H21FN2O4S2/c1-2-3-11-25(21,22)20-13-17(14-5-4-10-19-12-14)26(23,24)16-8-6-15(18)7-9-16/h4-10,12,17,20H,2-3,11,13H2,1H3/t17-/m0/s1. The molecule has 26 heavy (non-hydrogen) atoms. The molecule has 1 atom stereocenters. The molecule has 1 aromatic carbocycles. The van der Waals surface area contributed by atoms with Crippen LogP contribution in [0, 0.1) is 5.82 Å². The molecule has 0 spiro atoms. The van der Waals surface area contributed by atoms with E-state index in [1.165, 1.54) is 24.5 Å². The number of hydrogen-bond donors (Lipinski definition) is 1. The lowest BCUT2D eigenvalue weighted by molar-refractivity contribution is 0.566. The van der Waals surface area contributed by atoms with E-state index < -0.39 is 30.9 Å². The summed E-state index contributed by atoms with van der Waals surface area (Å²) in [5.41, 5.74) is 0.356. The highest BCUT2D eigenvalue weighted by atomic mass is 32.2. The first-order valence-corrected chi connectivity index (χ1v) is 11.3. The largest absolute Gasteiger partial charge is 0.264 e. The van der Waals surface area contributed by atoms with Gasteiger partial charge in [0, 0.05) is 18.9 Å². The minimum absolute atomic E-state index is 0.0696. The monoisotopic (exact) mass is 400 g/mol. The Hall–Kier alpha value is -1.84. The fourth-order valence-corrected chi connectivity index (χ4v) is 5.35. The molecule has 1 heterocycles. The van der Waals surface area contributed by atoms with Gasteiger partial charge in [-0.2, -0.15) is 0 Å². The highest BCUT2D eigenvalue weighted by Crippen LogP contribution is 2.28. The van der Waals surface area contributed by atoms with Gasteiger partial charge in [-0.1, -0.05) is 19.4 Å². The van der Waals surface area contributed by atoms with E-state index in [-0.39, 0.29) is 17.2 Å². The lowest BCUT2D eigenvalue weighted by atomic mass is 10.2. The van der Waals surface area contributed by atoms with Crippen LogP contribution in [0.2, 0.25) is 0 Å². The maximum atomic E-state index is 13.1. The zero-order valence-corrected chi connectivity index (χ0v) is 15.9. The van der Waals surface area contributed by atoms with Gasteiger partial charge >= 0.3 is 0 Å². The van der Waals surface area contributed by atoms with E-state index in [1.807, 2.05) is 6.92 Å². The highest BCUT2D eigenvalue weighted by molar-refractivity contribution is 7.92. The molecule has 0 unspecified atom stereocenters. The number of pyridine rings is 1. The number of aromatic nitrogens is 1. The summed E-state index contributed by atoms with van der Waals surface area (Å²) in [4.78, 5) is 3.84. The summed E-state index contributed by atoms with van der Waals surface area (Å²) in [5, 5.41) is -1.17. The quantitative estimate of drug-likeness (QED) is 0.653. The summed E-state index contributed by atoms with van der Waals surface area (Å²) >= 11 is 0. The van der Waals surface area contributed by atoms with Crippen LogP contribution in [0.5, 0.6) is 0 Å². The molecule has 0 aliphatic carbocycles. The van der Waals surface area contributed by atoms with Gasteiger partial charge < -0.3 is 0 Å². The molecule has 0 aliphatic heterocycles. The average molecular weight is 400 g/mol. The third-order valence-electron chi connectivity index (χ3n) is 3.83. The van der Waals surface area contributed by atoms with Crippen LogP contribution in [0.1, 0.15) is 30.6 Å². The van der Waals surface area contributed by atoms with Gasteiger partial charge in [0.25, 0.3) is 0 Å². The molecule has 1 N–H and O–H groups in total. The molecule has 142 valence electrons. The van der Waals surface area contributed by atoms with Gasteiger partial charge in [-0.05, 0) is 42.3 Å². The van der Waals surface area contributed by atoms with Crippen LogP contribution >= 0.6 is 0 Å². The van der Waals surface area contributed by atoms with E-state index in [4.69, 9.17) is 0 Å². The van der Waals surface area contributed by atoms with Gasteiger partial charge in [0.2, 0.25) is 10.0 Å². The lowest BCUT2D eigenvalue weighted by Gasteiger charge is -2.19. The molecule has 0 bridgehead atoms. The predicted octanol–water partition coefficient (Wildman–Crippen LogP) is 2.46. The second kappa shape index (κ2) is 8.70. The summed E-state index contributed by atoms with van der Waals surface area (Å²) in [6.45, 7) is 1.55. The van der Waals surface area contributed by atoms with E-state index >= 15 is 0 Å². The van der Waals surface area contributed by atoms with Gasteiger partial charge in [0.15, 0.2) is 9.84 Å². The SMILES string of the molecule is CCCCS(=O)(=O)NC[C@@H](c1cccnc1)S(=O)(=O)c1ccc(F)cc1. The molecule has 6 nitrogen and oxygen atoms in total. The van der Waals surface area contributed by atoms with E-state index in [9.17, 15) is 21.2 Å². The van der Waals surface area contributed by atoms with Crippen LogP contribution in [0.25, 0.3) is 0 Å². The zero-order chi connectivity index (χ0) is 19.2. The summed E-state index contributed by atoms with van der Waals surface area (Å²) in [6, 6.07) is 7.59. The Labute approximate surface area is 153 Å². The Morgan fingerprint density at radius 3 is 2.38 bits per heavy atom. The first-order valence-electron chi connectivity index (χ1n) is 8.13. The lowest BCUT2D eigenvalue weighted by Crippen LogP contribution is -2.33. The van der Waals surface area contributed by atoms with Crippen molar-refractivity contribution in [2.45, 2.75) is 29.9 Å². The van der Waals surface area contributed by atoms with Crippen molar-refractivity contribution in [1.29, 1.82) is 0 Å². The van der Waals surface area contributed by atoms with E-state index in [2.05, 4.69) is 9.71 Å². The van der Waals surface area contributed by atoms with Crippen LogP contribution in [0.4, 0.5) is 4.39 Å². The first kappa shape index (κ1) is 20.5. The molecule has 2 aromatic rings. The predicted molar refractivity (Wildman–Crippen MR) is 97.3 cm³/mol. The van der Waals surface area contributed by atoms with Crippen molar-refractivity contribution in [3.05, 3.63) is 60.2 Å². The van der Waals surface area contributed by atoms with E-state index in [1.54, 1.807) is 12.1 Å². The number of nitrogens with one attached hydrogen (secondary N) is 1. The van der Waals surface area contributed by atoms with Crippen LogP contribution < -0.4 is 4.72 Å². The Bertz CT molecular complexity index is 915. The first-order chi connectivity index (χ1) is 12.3. The Balaban J connectivity index is 2.34. The van der Waals surface area contributed by atoms with Crippen molar-refractivity contribution in [3.8, 4) is 0 Å². The zero-order valence-electron chi connectivity index (χ0n) is 14.3. The molecule has 0 aliphatic rings. The van der Waals surface area contributed by atoms with Crippen molar-refractivity contribution < 1.29 is 21.2 Å². The molecular formula is C17H21FN2O4S2. The fraction of sp³-hybridized carbons (Fsp3) is 0.353. The maximum Gasteiger partial charge on any atom is 0.211 e. The van der Waals surface area contributed by atoms with Crippen molar-refractivity contribution >= 4 is 19.9 Å². The van der Waals surface area contributed by atoms with Gasteiger partial charge in [0.05, 0.1) is 10.6 Å². The molecule has 0 saturated carbocycles. The minimum atomic E-state index is -3.95. The van der Waals surface area contributed by atoms with Gasteiger partial charge in [-0.25, -0.2) is 25.9 Å². The number of sulfonamides is 1. The van der Waals surface area contributed by atoms with Crippen molar-refractivity contribution in [2.75, 3.05) is 12.3 Å². The second-order valence-corrected chi connectivity index (χ2v) is 9.85. The Kier molecular flexibility index (Phi) is 6.85. The molecule has 0 fully saturated rings. The molecule has 0 radical (unpaired) electrons. The number of hydrogen-bond acceptors (Lipinski definition) is 5. The third kappa shape index (κ3) is 5.33. The maximum absolute atomic E-state index is 13.1. The van der Waals surface area contributed by atoms with Crippen molar-refractivity contribution in [3.63, 3.8) is 0 Å². The topological polar surface area (TPSA) is 93.2 Å². The average Bonchev–Trinajstić information content (AvgIpc) is 2.61. The number of rotatable bonds is 9. The number of benzene rings is 1. The number of halogens is 1. The minimum Gasteiger partial charge on any atom is -0.264 e. The molecule has 1 aromatic heterocycles. The Morgan fingerprint density at radius 1 is 1.12 bits per heavy atom. The number of unbranched alkanes of at least 4 members (excludes halogenated alkanes) is 1. The van der Waals surface area contributed by atoms with E-state index in [0.717, 1.165) is 12.1 Å². The van der Waals surface area contributed by atoms with Crippen LogP contribution in [-0.2, 0) is 19.9 Å². The van der Waals surface area contributed by atoms with E-state index in [0.29, 0.717) is 18.4 Å². The van der Waals surface area contributed by atoms with Crippen LogP contribution in [-0.4, -0.2) is 34.1 Å². The van der Waals surface area contributed by atoms with Crippen LogP contribution in [0.3, 0.4) is 0 Å². The Morgan fingerprint density at radius 2 is 1.81 bits per heavy atom. The van der Waals surface area contributed by atoms with Gasteiger partial charge in [0.1, 0.15) is 11.1 Å². The molecule has 2 rings (SSSR count). The smallest absolute Gasteiger partial charge is 0.211 e.